The number of rotatable bonds is 2. The normalized spacial score (nSPS) is 20.1. The zero-order valence-electron chi connectivity index (χ0n) is 9.81. The molecule has 0 atom stereocenters. The standard InChI is InChI=1S/C6H11NO.C5H9NO2/c1-2-7-5-3-4-6(7)8;7-4-6-3-1-2-5(6)8/h2-5H2,1H3;7H,1-4H2. The first-order chi connectivity index (χ1) is 7.69. The number of likely N-dealkylation sites (tertiary alicyclic amines) is 2. The molecule has 0 aromatic heterocycles. The van der Waals surface area contributed by atoms with E-state index in [0.29, 0.717) is 12.3 Å². The van der Waals surface area contributed by atoms with Crippen LogP contribution in [0.25, 0.3) is 0 Å². The molecule has 2 heterocycles. The van der Waals surface area contributed by atoms with Crippen LogP contribution < -0.4 is 0 Å². The molecule has 2 aliphatic rings. The van der Waals surface area contributed by atoms with Gasteiger partial charge < -0.3 is 14.9 Å². The molecule has 0 radical (unpaired) electrons. The molecule has 0 unspecified atom stereocenters. The molecule has 5 heteroatoms. The predicted octanol–water partition coefficient (Wildman–Crippen LogP) is 0.187. The van der Waals surface area contributed by atoms with E-state index in [9.17, 15) is 9.59 Å². The van der Waals surface area contributed by atoms with Crippen LogP contribution in [0.5, 0.6) is 0 Å². The number of carbonyl (C=O) groups excluding carboxylic acids is 2. The van der Waals surface area contributed by atoms with Crippen LogP contribution in [0.1, 0.15) is 32.6 Å². The second-order valence-electron chi connectivity index (χ2n) is 3.98. The number of hydrogen-bond acceptors (Lipinski definition) is 3. The summed E-state index contributed by atoms with van der Waals surface area (Å²) < 4.78 is 0. The van der Waals surface area contributed by atoms with Crippen molar-refractivity contribution < 1.29 is 14.7 Å². The van der Waals surface area contributed by atoms with Crippen molar-refractivity contribution >= 4 is 11.8 Å². The van der Waals surface area contributed by atoms with E-state index in [1.807, 2.05) is 11.8 Å². The first-order valence-electron chi connectivity index (χ1n) is 5.85. The van der Waals surface area contributed by atoms with Crippen molar-refractivity contribution in [2.75, 3.05) is 26.4 Å². The highest BCUT2D eigenvalue weighted by Gasteiger charge is 2.18. The van der Waals surface area contributed by atoms with Crippen molar-refractivity contribution in [1.82, 2.24) is 9.80 Å². The number of aliphatic hydroxyl groups excluding tert-OH is 1. The predicted molar refractivity (Wildman–Crippen MR) is 59.5 cm³/mol. The van der Waals surface area contributed by atoms with Gasteiger partial charge in [-0.15, -0.1) is 0 Å². The summed E-state index contributed by atoms with van der Waals surface area (Å²) in [6, 6.07) is 0. The maximum Gasteiger partial charge on any atom is 0.224 e. The van der Waals surface area contributed by atoms with Gasteiger partial charge in [0.05, 0.1) is 0 Å². The highest BCUT2D eigenvalue weighted by Crippen LogP contribution is 2.07. The van der Waals surface area contributed by atoms with Gasteiger partial charge >= 0.3 is 0 Å². The quantitative estimate of drug-likeness (QED) is 0.734. The van der Waals surface area contributed by atoms with Crippen molar-refractivity contribution in [3.63, 3.8) is 0 Å². The van der Waals surface area contributed by atoms with Crippen LogP contribution in [0.2, 0.25) is 0 Å². The molecule has 0 aliphatic carbocycles. The van der Waals surface area contributed by atoms with E-state index in [4.69, 9.17) is 5.11 Å². The molecule has 0 aromatic carbocycles. The summed E-state index contributed by atoms with van der Waals surface area (Å²) in [5.74, 6) is 0.403. The van der Waals surface area contributed by atoms with Crippen molar-refractivity contribution in [3.05, 3.63) is 0 Å². The van der Waals surface area contributed by atoms with Crippen LogP contribution in [0.3, 0.4) is 0 Å². The lowest BCUT2D eigenvalue weighted by Gasteiger charge is -2.10. The number of nitrogens with zero attached hydrogens (tertiary/aromatic N) is 2. The molecule has 2 rings (SSSR count). The van der Waals surface area contributed by atoms with Crippen LogP contribution >= 0.6 is 0 Å². The summed E-state index contributed by atoms with van der Waals surface area (Å²) in [5.41, 5.74) is 0. The van der Waals surface area contributed by atoms with Gasteiger partial charge in [0.15, 0.2) is 0 Å². The SMILES string of the molecule is CCN1CCCC1=O.O=C1CCCN1CO. The smallest absolute Gasteiger partial charge is 0.224 e. The number of amides is 2. The van der Waals surface area contributed by atoms with Gasteiger partial charge in [0.25, 0.3) is 0 Å². The molecule has 0 spiro atoms. The fraction of sp³-hybridized carbons (Fsp3) is 0.818. The molecule has 1 N–H and O–H groups in total. The highest BCUT2D eigenvalue weighted by atomic mass is 16.3. The van der Waals surface area contributed by atoms with E-state index in [1.165, 1.54) is 4.90 Å². The zero-order valence-corrected chi connectivity index (χ0v) is 9.81. The Hall–Kier alpha value is -1.10. The first-order valence-corrected chi connectivity index (χ1v) is 5.85. The van der Waals surface area contributed by atoms with Crippen molar-refractivity contribution in [2.24, 2.45) is 0 Å². The van der Waals surface area contributed by atoms with E-state index in [0.717, 1.165) is 38.9 Å². The Morgan fingerprint density at radius 2 is 1.56 bits per heavy atom. The minimum absolute atomic E-state index is 0.0764. The van der Waals surface area contributed by atoms with E-state index < -0.39 is 0 Å². The average molecular weight is 228 g/mol. The van der Waals surface area contributed by atoms with Crippen LogP contribution in [0.15, 0.2) is 0 Å². The Balaban J connectivity index is 0.000000160. The topological polar surface area (TPSA) is 60.9 Å². The number of aliphatic hydroxyl groups is 1. The first kappa shape index (κ1) is 13.0. The summed E-state index contributed by atoms with van der Waals surface area (Å²) in [5, 5.41) is 8.44. The van der Waals surface area contributed by atoms with E-state index in [1.54, 1.807) is 0 Å². The number of carbonyl (C=O) groups is 2. The second kappa shape index (κ2) is 6.48. The van der Waals surface area contributed by atoms with Gasteiger partial charge in [0, 0.05) is 32.5 Å². The van der Waals surface area contributed by atoms with E-state index in [-0.39, 0.29) is 12.6 Å². The molecule has 92 valence electrons. The summed E-state index contributed by atoms with van der Waals surface area (Å²) in [7, 11) is 0. The van der Waals surface area contributed by atoms with Gasteiger partial charge in [0.2, 0.25) is 11.8 Å². The maximum atomic E-state index is 10.7. The molecule has 0 saturated carbocycles. The zero-order chi connectivity index (χ0) is 12.0. The van der Waals surface area contributed by atoms with Gasteiger partial charge in [-0.25, -0.2) is 0 Å². The molecular weight excluding hydrogens is 208 g/mol. The highest BCUT2D eigenvalue weighted by molar-refractivity contribution is 5.78. The van der Waals surface area contributed by atoms with Crippen LogP contribution in [-0.2, 0) is 9.59 Å². The summed E-state index contributed by atoms with van der Waals surface area (Å²) in [6.07, 6.45) is 3.35. The second-order valence-corrected chi connectivity index (χ2v) is 3.98. The van der Waals surface area contributed by atoms with Gasteiger partial charge in [0.1, 0.15) is 6.73 Å². The largest absolute Gasteiger partial charge is 0.376 e. The van der Waals surface area contributed by atoms with Crippen molar-refractivity contribution in [1.29, 1.82) is 0 Å². The Bertz CT molecular complexity index is 230. The maximum absolute atomic E-state index is 10.7. The lowest BCUT2D eigenvalue weighted by atomic mass is 10.4. The third-order valence-electron chi connectivity index (χ3n) is 2.90. The van der Waals surface area contributed by atoms with Crippen molar-refractivity contribution in [2.45, 2.75) is 32.6 Å². The minimum Gasteiger partial charge on any atom is -0.376 e. The lowest BCUT2D eigenvalue weighted by Crippen LogP contribution is -2.24. The molecular formula is C11H20N2O3. The van der Waals surface area contributed by atoms with E-state index >= 15 is 0 Å². The fourth-order valence-electron chi connectivity index (χ4n) is 1.89. The summed E-state index contributed by atoms with van der Waals surface area (Å²) >= 11 is 0. The molecule has 0 aromatic rings. The molecule has 2 fully saturated rings. The van der Waals surface area contributed by atoms with Gasteiger partial charge in [-0.2, -0.15) is 0 Å². The molecule has 2 aliphatic heterocycles. The summed E-state index contributed by atoms with van der Waals surface area (Å²) in [4.78, 5) is 24.6. The van der Waals surface area contributed by atoms with Crippen LogP contribution in [0, 0.1) is 0 Å². The monoisotopic (exact) mass is 228 g/mol. The van der Waals surface area contributed by atoms with Crippen LogP contribution in [-0.4, -0.2) is 53.1 Å². The lowest BCUT2D eigenvalue weighted by molar-refractivity contribution is -0.130. The molecule has 2 amide bonds. The molecule has 5 nitrogen and oxygen atoms in total. The van der Waals surface area contributed by atoms with Gasteiger partial charge in [-0.3, -0.25) is 9.59 Å². The molecule has 16 heavy (non-hydrogen) atoms. The average Bonchev–Trinajstić information content (AvgIpc) is 2.87. The fourth-order valence-corrected chi connectivity index (χ4v) is 1.89. The minimum atomic E-state index is -0.112. The molecule has 2 saturated heterocycles. The summed E-state index contributed by atoms with van der Waals surface area (Å²) in [6.45, 7) is 4.51. The number of hydrogen-bond donors (Lipinski definition) is 1. The Morgan fingerprint density at radius 1 is 1.06 bits per heavy atom. The van der Waals surface area contributed by atoms with Gasteiger partial charge in [-0.1, -0.05) is 0 Å². The van der Waals surface area contributed by atoms with Gasteiger partial charge in [-0.05, 0) is 19.8 Å². The Morgan fingerprint density at radius 3 is 1.75 bits per heavy atom. The third kappa shape index (κ3) is 3.48. The third-order valence-corrected chi connectivity index (χ3v) is 2.90. The van der Waals surface area contributed by atoms with Crippen molar-refractivity contribution in [3.8, 4) is 0 Å². The Labute approximate surface area is 96.0 Å². The Kier molecular flexibility index (Phi) is 5.25. The van der Waals surface area contributed by atoms with Crippen LogP contribution in [0.4, 0.5) is 0 Å². The van der Waals surface area contributed by atoms with E-state index in [2.05, 4.69) is 0 Å². The molecule has 0 bridgehead atoms.